The molecule has 1 aliphatic rings. The maximum atomic E-state index is 12.1. The molecule has 112 valence electrons. The van der Waals surface area contributed by atoms with Crippen LogP contribution in [0.25, 0.3) is 0 Å². The van der Waals surface area contributed by atoms with E-state index in [1.807, 2.05) is 0 Å². The summed E-state index contributed by atoms with van der Waals surface area (Å²) in [5.74, 6) is -0.168. The number of rotatable bonds is 6. The summed E-state index contributed by atoms with van der Waals surface area (Å²) in [6.07, 6.45) is -3.70. The van der Waals surface area contributed by atoms with Gasteiger partial charge >= 0.3 is 6.18 Å². The van der Waals surface area contributed by atoms with Crippen LogP contribution < -0.4 is 10.6 Å². The van der Waals surface area contributed by atoms with Gasteiger partial charge in [-0.2, -0.15) is 13.2 Å². The summed E-state index contributed by atoms with van der Waals surface area (Å²) in [7, 11) is 1.41. The van der Waals surface area contributed by atoms with Gasteiger partial charge in [0, 0.05) is 13.1 Å². The van der Waals surface area contributed by atoms with Crippen molar-refractivity contribution in [2.75, 3.05) is 46.4 Å². The van der Waals surface area contributed by atoms with E-state index >= 15 is 0 Å². The van der Waals surface area contributed by atoms with Crippen molar-refractivity contribution < 1.29 is 22.7 Å². The summed E-state index contributed by atoms with van der Waals surface area (Å²) < 4.78 is 41.3. The van der Waals surface area contributed by atoms with Crippen LogP contribution in [0.4, 0.5) is 13.2 Å². The molecule has 0 aliphatic carbocycles. The zero-order valence-corrected chi connectivity index (χ0v) is 10.9. The van der Waals surface area contributed by atoms with Gasteiger partial charge in [0.2, 0.25) is 5.91 Å². The van der Waals surface area contributed by atoms with Crippen molar-refractivity contribution in [3.63, 3.8) is 0 Å². The summed E-state index contributed by atoms with van der Waals surface area (Å²) in [6.45, 7) is 1.27. The van der Waals surface area contributed by atoms with E-state index in [-0.39, 0.29) is 18.5 Å². The fourth-order valence-corrected chi connectivity index (χ4v) is 1.80. The third-order valence-electron chi connectivity index (χ3n) is 2.70. The van der Waals surface area contributed by atoms with E-state index in [1.54, 1.807) is 0 Å². The van der Waals surface area contributed by atoms with Gasteiger partial charge in [0.1, 0.15) is 6.04 Å². The lowest BCUT2D eigenvalue weighted by Crippen LogP contribution is -2.51. The van der Waals surface area contributed by atoms with Crippen LogP contribution >= 0.6 is 0 Å². The number of carbonyl (C=O) groups is 1. The Hall–Kier alpha value is -0.860. The third-order valence-corrected chi connectivity index (χ3v) is 2.70. The van der Waals surface area contributed by atoms with Crippen LogP contribution in [-0.2, 0) is 9.53 Å². The summed E-state index contributed by atoms with van der Waals surface area (Å²) in [4.78, 5) is 12.8. The monoisotopic (exact) mass is 283 g/mol. The highest BCUT2D eigenvalue weighted by molar-refractivity contribution is 5.81. The molecule has 1 aliphatic heterocycles. The maximum Gasteiger partial charge on any atom is 0.401 e. The van der Waals surface area contributed by atoms with Gasteiger partial charge in [-0.05, 0) is 20.0 Å². The largest absolute Gasteiger partial charge is 0.401 e. The SMILES string of the molecule is CN(CCCNC(=O)C1COCCN1)CC(F)(F)F. The highest BCUT2D eigenvalue weighted by Gasteiger charge is 2.28. The molecule has 1 saturated heterocycles. The van der Waals surface area contributed by atoms with Crippen LogP contribution in [0.1, 0.15) is 6.42 Å². The molecule has 2 N–H and O–H groups in total. The number of ether oxygens (including phenoxy) is 1. The van der Waals surface area contributed by atoms with Crippen LogP contribution in [0.3, 0.4) is 0 Å². The Kier molecular flexibility index (Phi) is 6.53. The number of nitrogens with zero attached hydrogens (tertiary/aromatic N) is 1. The predicted octanol–water partition coefficient (Wildman–Crippen LogP) is -0.0248. The van der Waals surface area contributed by atoms with Crippen LogP contribution in [0.2, 0.25) is 0 Å². The minimum atomic E-state index is -4.18. The first-order chi connectivity index (χ1) is 8.88. The number of hydrogen-bond donors (Lipinski definition) is 2. The van der Waals surface area contributed by atoms with Crippen LogP contribution in [-0.4, -0.2) is 69.5 Å². The molecule has 1 fully saturated rings. The second kappa shape index (κ2) is 7.66. The third kappa shape index (κ3) is 7.34. The number of carbonyl (C=O) groups excluding carboxylic acids is 1. The van der Waals surface area contributed by atoms with Crippen LogP contribution in [0, 0.1) is 0 Å². The maximum absolute atomic E-state index is 12.1. The zero-order chi connectivity index (χ0) is 14.3. The van der Waals surface area contributed by atoms with Crippen LogP contribution in [0.15, 0.2) is 0 Å². The molecule has 1 atom stereocenters. The van der Waals surface area contributed by atoms with Crippen LogP contribution in [0.5, 0.6) is 0 Å². The molecule has 0 aromatic carbocycles. The summed E-state index contributed by atoms with van der Waals surface area (Å²) >= 11 is 0. The van der Waals surface area contributed by atoms with Gasteiger partial charge in [-0.3, -0.25) is 9.69 Å². The lowest BCUT2D eigenvalue weighted by atomic mass is 10.2. The summed E-state index contributed by atoms with van der Waals surface area (Å²) in [5.41, 5.74) is 0. The van der Waals surface area contributed by atoms with E-state index in [0.29, 0.717) is 32.7 Å². The van der Waals surface area contributed by atoms with Crippen molar-refractivity contribution >= 4 is 5.91 Å². The van der Waals surface area contributed by atoms with Crippen molar-refractivity contribution in [1.82, 2.24) is 15.5 Å². The number of hydrogen-bond acceptors (Lipinski definition) is 4. The van der Waals surface area contributed by atoms with Crippen molar-refractivity contribution in [2.24, 2.45) is 0 Å². The van der Waals surface area contributed by atoms with Crippen molar-refractivity contribution in [2.45, 2.75) is 18.6 Å². The van der Waals surface area contributed by atoms with E-state index in [9.17, 15) is 18.0 Å². The quantitative estimate of drug-likeness (QED) is 0.673. The average Bonchev–Trinajstić information content (AvgIpc) is 2.33. The molecule has 5 nitrogen and oxygen atoms in total. The molecular weight excluding hydrogens is 263 g/mol. The molecule has 19 heavy (non-hydrogen) atoms. The Morgan fingerprint density at radius 2 is 2.26 bits per heavy atom. The Balaban J connectivity index is 2.08. The number of amides is 1. The van der Waals surface area contributed by atoms with Crippen molar-refractivity contribution in [1.29, 1.82) is 0 Å². The van der Waals surface area contributed by atoms with E-state index in [1.165, 1.54) is 11.9 Å². The molecule has 0 bridgehead atoms. The first kappa shape index (κ1) is 16.2. The minimum absolute atomic E-state index is 0.168. The molecular formula is C11H20F3N3O2. The second-order valence-corrected chi connectivity index (χ2v) is 4.58. The molecule has 1 rings (SSSR count). The number of morpholine rings is 1. The fraction of sp³-hybridized carbons (Fsp3) is 0.909. The van der Waals surface area contributed by atoms with Gasteiger partial charge in [-0.15, -0.1) is 0 Å². The van der Waals surface area contributed by atoms with Gasteiger partial charge < -0.3 is 15.4 Å². The fourth-order valence-electron chi connectivity index (χ4n) is 1.80. The lowest BCUT2D eigenvalue weighted by Gasteiger charge is -2.23. The van der Waals surface area contributed by atoms with E-state index < -0.39 is 12.7 Å². The summed E-state index contributed by atoms with van der Waals surface area (Å²) in [6, 6.07) is -0.360. The normalized spacial score (nSPS) is 20.6. The molecule has 0 aromatic rings. The first-order valence-corrected chi connectivity index (χ1v) is 6.22. The lowest BCUT2D eigenvalue weighted by molar-refractivity contribution is -0.143. The highest BCUT2D eigenvalue weighted by Crippen LogP contribution is 2.15. The van der Waals surface area contributed by atoms with E-state index in [4.69, 9.17) is 4.74 Å². The minimum Gasteiger partial charge on any atom is -0.378 e. The van der Waals surface area contributed by atoms with Gasteiger partial charge in [0.05, 0.1) is 19.8 Å². The smallest absolute Gasteiger partial charge is 0.378 e. The molecule has 0 saturated carbocycles. The number of nitrogens with one attached hydrogen (secondary N) is 2. The Morgan fingerprint density at radius 1 is 1.53 bits per heavy atom. The van der Waals surface area contributed by atoms with Gasteiger partial charge in [-0.25, -0.2) is 0 Å². The molecule has 8 heteroatoms. The highest BCUT2D eigenvalue weighted by atomic mass is 19.4. The van der Waals surface area contributed by atoms with E-state index in [2.05, 4.69) is 10.6 Å². The Labute approximate surface area is 110 Å². The molecule has 1 amide bonds. The molecule has 0 radical (unpaired) electrons. The standard InChI is InChI=1S/C11H20F3N3O2/c1-17(8-11(12,13)14)5-2-3-16-10(18)9-7-19-6-4-15-9/h9,15H,2-8H2,1H3,(H,16,18). The average molecular weight is 283 g/mol. The first-order valence-electron chi connectivity index (χ1n) is 6.22. The zero-order valence-electron chi connectivity index (χ0n) is 10.9. The molecule has 0 spiro atoms. The van der Waals surface area contributed by atoms with Crippen molar-refractivity contribution in [3.05, 3.63) is 0 Å². The van der Waals surface area contributed by atoms with E-state index in [0.717, 1.165) is 0 Å². The van der Waals surface area contributed by atoms with Crippen molar-refractivity contribution in [3.8, 4) is 0 Å². The topological polar surface area (TPSA) is 53.6 Å². The Bertz CT molecular complexity index is 281. The predicted molar refractivity (Wildman–Crippen MR) is 63.8 cm³/mol. The summed E-state index contributed by atoms with van der Waals surface area (Å²) in [5, 5.41) is 5.68. The number of halogens is 3. The van der Waals surface area contributed by atoms with Gasteiger partial charge in [0.25, 0.3) is 0 Å². The number of alkyl halides is 3. The Morgan fingerprint density at radius 3 is 2.84 bits per heavy atom. The van der Waals surface area contributed by atoms with Gasteiger partial charge in [0.15, 0.2) is 0 Å². The molecule has 1 heterocycles. The second-order valence-electron chi connectivity index (χ2n) is 4.58. The van der Waals surface area contributed by atoms with Gasteiger partial charge in [-0.1, -0.05) is 0 Å². The molecule has 0 aromatic heterocycles. The molecule has 1 unspecified atom stereocenters.